The van der Waals surface area contributed by atoms with Gasteiger partial charge >= 0.3 is 0 Å². The zero-order chi connectivity index (χ0) is 23.3. The standard InChI is InChI=1S/C29H43N2O2/c1-3-4-5-6-7-8-9-10-11-17-22-33-24-31-27-21-16-15-20-26(27)30(2)29(31)23-28(32)25-18-13-12-14-19-25/h12-16,18-21,28,32H,3-11,17,22-24H2,1-2H3/q+1. The molecule has 0 radical (unpaired) electrons. The molecule has 1 heterocycles. The number of aliphatic hydroxyl groups is 1. The fraction of sp³-hybridized carbons (Fsp3) is 0.552. The Labute approximate surface area is 200 Å². The quantitative estimate of drug-likeness (QED) is 0.196. The van der Waals surface area contributed by atoms with Gasteiger partial charge in [0.2, 0.25) is 0 Å². The van der Waals surface area contributed by atoms with Crippen LogP contribution in [0.2, 0.25) is 0 Å². The number of ether oxygens (including phenoxy) is 1. The van der Waals surface area contributed by atoms with Gasteiger partial charge < -0.3 is 9.84 Å². The zero-order valence-electron chi connectivity index (χ0n) is 20.7. The third-order valence-corrected chi connectivity index (χ3v) is 6.66. The molecule has 0 amide bonds. The average Bonchev–Trinajstić information content (AvgIpc) is 3.11. The smallest absolute Gasteiger partial charge is 0.262 e. The maximum Gasteiger partial charge on any atom is 0.262 e. The normalized spacial score (nSPS) is 12.5. The molecule has 3 rings (SSSR count). The lowest BCUT2D eigenvalue weighted by Crippen LogP contribution is -2.34. The largest absolute Gasteiger partial charge is 0.388 e. The van der Waals surface area contributed by atoms with Gasteiger partial charge in [-0.2, -0.15) is 0 Å². The van der Waals surface area contributed by atoms with Crippen LogP contribution in [0.1, 0.15) is 88.6 Å². The van der Waals surface area contributed by atoms with Crippen molar-refractivity contribution in [1.82, 2.24) is 4.57 Å². The Balaban J connectivity index is 1.48. The topological polar surface area (TPSA) is 38.3 Å². The Bertz CT molecular complexity index is 935. The van der Waals surface area contributed by atoms with Crippen molar-refractivity contribution in [3.63, 3.8) is 0 Å². The van der Waals surface area contributed by atoms with Gasteiger partial charge in [-0.05, 0) is 24.1 Å². The first-order chi connectivity index (χ1) is 16.2. The number of hydrogen-bond donors (Lipinski definition) is 1. The summed E-state index contributed by atoms with van der Waals surface area (Å²) in [6.45, 7) is 3.58. The number of unbranched alkanes of at least 4 members (excludes halogenated alkanes) is 9. The number of aryl methyl sites for hydroxylation is 1. The highest BCUT2D eigenvalue weighted by atomic mass is 16.5. The first-order valence-electron chi connectivity index (χ1n) is 13.0. The minimum atomic E-state index is -0.539. The minimum Gasteiger partial charge on any atom is -0.388 e. The van der Waals surface area contributed by atoms with Crippen LogP contribution in [-0.2, 0) is 24.9 Å². The van der Waals surface area contributed by atoms with E-state index in [4.69, 9.17) is 4.74 Å². The van der Waals surface area contributed by atoms with Crippen molar-refractivity contribution in [1.29, 1.82) is 0 Å². The molecule has 2 aromatic carbocycles. The molecule has 1 aromatic heterocycles. The molecule has 0 saturated carbocycles. The molecule has 0 aliphatic rings. The van der Waals surface area contributed by atoms with Gasteiger partial charge in [-0.3, -0.25) is 0 Å². The van der Waals surface area contributed by atoms with Crippen molar-refractivity contribution < 1.29 is 14.4 Å². The number of rotatable bonds is 16. The molecule has 0 spiro atoms. The third-order valence-electron chi connectivity index (χ3n) is 6.66. The Morgan fingerprint density at radius 2 is 1.42 bits per heavy atom. The van der Waals surface area contributed by atoms with Crippen molar-refractivity contribution in [2.75, 3.05) is 6.61 Å². The lowest BCUT2D eigenvalue weighted by Gasteiger charge is -2.10. The summed E-state index contributed by atoms with van der Waals surface area (Å²) in [4.78, 5) is 0. The van der Waals surface area contributed by atoms with E-state index in [1.165, 1.54) is 57.8 Å². The van der Waals surface area contributed by atoms with E-state index in [1.54, 1.807) is 0 Å². The Kier molecular flexibility index (Phi) is 10.9. The van der Waals surface area contributed by atoms with Crippen LogP contribution in [0.5, 0.6) is 0 Å². The van der Waals surface area contributed by atoms with E-state index in [0.717, 1.165) is 35.4 Å². The molecule has 33 heavy (non-hydrogen) atoms. The van der Waals surface area contributed by atoms with Crippen LogP contribution in [0.15, 0.2) is 54.6 Å². The molecule has 0 aliphatic carbocycles. The van der Waals surface area contributed by atoms with Crippen LogP contribution in [0.4, 0.5) is 0 Å². The Morgan fingerprint density at radius 1 is 0.818 bits per heavy atom. The van der Waals surface area contributed by atoms with Gasteiger partial charge in [0.05, 0.1) is 26.2 Å². The molecule has 1 N–H and O–H groups in total. The van der Waals surface area contributed by atoms with E-state index in [0.29, 0.717) is 13.2 Å². The molecular formula is C29H43N2O2+. The molecule has 3 aromatic rings. The van der Waals surface area contributed by atoms with Gasteiger partial charge in [-0.25, -0.2) is 9.13 Å². The predicted octanol–water partition coefficient (Wildman–Crippen LogP) is 6.64. The summed E-state index contributed by atoms with van der Waals surface area (Å²) in [5.74, 6) is 1.08. The van der Waals surface area contributed by atoms with Crippen molar-refractivity contribution in [3.8, 4) is 0 Å². The fourth-order valence-corrected chi connectivity index (χ4v) is 4.64. The van der Waals surface area contributed by atoms with E-state index in [2.05, 4.69) is 47.4 Å². The summed E-state index contributed by atoms with van der Waals surface area (Å²) in [7, 11) is 2.08. The monoisotopic (exact) mass is 451 g/mol. The molecular weight excluding hydrogens is 408 g/mol. The first-order valence-corrected chi connectivity index (χ1v) is 13.0. The molecule has 4 nitrogen and oxygen atoms in total. The Morgan fingerprint density at radius 3 is 2.12 bits per heavy atom. The fourth-order valence-electron chi connectivity index (χ4n) is 4.64. The van der Waals surface area contributed by atoms with Crippen LogP contribution < -0.4 is 4.57 Å². The summed E-state index contributed by atoms with van der Waals surface area (Å²) in [5.41, 5.74) is 3.26. The number of hydrogen-bond acceptors (Lipinski definition) is 2. The van der Waals surface area contributed by atoms with E-state index in [9.17, 15) is 5.11 Å². The van der Waals surface area contributed by atoms with E-state index in [-0.39, 0.29) is 0 Å². The summed E-state index contributed by atoms with van der Waals surface area (Å²) in [5, 5.41) is 10.9. The molecule has 180 valence electrons. The van der Waals surface area contributed by atoms with Gasteiger partial charge in [0.1, 0.15) is 0 Å². The molecule has 0 aliphatic heterocycles. The number of imidazole rings is 1. The molecule has 0 bridgehead atoms. The summed E-state index contributed by atoms with van der Waals surface area (Å²) < 4.78 is 10.5. The second kappa shape index (κ2) is 14.2. The second-order valence-corrected chi connectivity index (χ2v) is 9.24. The minimum absolute atomic E-state index is 0.523. The van der Waals surface area contributed by atoms with Gasteiger partial charge in [0, 0.05) is 0 Å². The number of fused-ring (bicyclic) bond motifs is 1. The summed E-state index contributed by atoms with van der Waals surface area (Å²) >= 11 is 0. The van der Waals surface area contributed by atoms with Crippen LogP contribution in [-0.4, -0.2) is 16.3 Å². The van der Waals surface area contributed by atoms with Crippen molar-refractivity contribution in [2.45, 2.75) is 90.4 Å². The van der Waals surface area contributed by atoms with Gasteiger partial charge in [-0.1, -0.05) is 107 Å². The van der Waals surface area contributed by atoms with Crippen LogP contribution >= 0.6 is 0 Å². The van der Waals surface area contributed by atoms with Crippen LogP contribution in [0.25, 0.3) is 11.0 Å². The Hall–Kier alpha value is -2.17. The van der Waals surface area contributed by atoms with Gasteiger partial charge in [0.15, 0.2) is 17.8 Å². The maximum atomic E-state index is 10.9. The van der Waals surface area contributed by atoms with Crippen molar-refractivity contribution in [2.24, 2.45) is 7.05 Å². The van der Waals surface area contributed by atoms with Crippen molar-refractivity contribution >= 4 is 11.0 Å². The molecule has 4 heteroatoms. The van der Waals surface area contributed by atoms with Crippen LogP contribution in [0, 0.1) is 0 Å². The highest BCUT2D eigenvalue weighted by molar-refractivity contribution is 5.72. The highest BCUT2D eigenvalue weighted by Crippen LogP contribution is 2.21. The second-order valence-electron chi connectivity index (χ2n) is 9.24. The number of nitrogens with zero attached hydrogens (tertiary/aromatic N) is 2. The molecule has 0 fully saturated rings. The SMILES string of the molecule is CCCCCCCCCCCCOCn1c(CC(O)c2ccccc2)[n+](C)c2ccccc21. The number of benzene rings is 2. The van der Waals surface area contributed by atoms with Gasteiger partial charge in [0.25, 0.3) is 5.82 Å². The molecule has 1 atom stereocenters. The van der Waals surface area contributed by atoms with E-state index in [1.807, 2.05) is 30.3 Å². The summed E-state index contributed by atoms with van der Waals surface area (Å²) in [6, 6.07) is 18.3. The van der Waals surface area contributed by atoms with E-state index < -0.39 is 6.10 Å². The maximum absolute atomic E-state index is 10.9. The molecule has 0 saturated heterocycles. The molecule has 1 unspecified atom stereocenters. The van der Waals surface area contributed by atoms with Crippen LogP contribution in [0.3, 0.4) is 0 Å². The van der Waals surface area contributed by atoms with E-state index >= 15 is 0 Å². The number of aromatic nitrogens is 2. The number of para-hydroxylation sites is 2. The van der Waals surface area contributed by atoms with Gasteiger partial charge in [-0.15, -0.1) is 0 Å². The lowest BCUT2D eigenvalue weighted by molar-refractivity contribution is -0.654. The van der Waals surface area contributed by atoms with Crippen molar-refractivity contribution in [3.05, 3.63) is 66.0 Å². The first kappa shape index (κ1) is 25.5. The zero-order valence-corrected chi connectivity index (χ0v) is 20.7. The predicted molar refractivity (Wildman–Crippen MR) is 136 cm³/mol. The highest BCUT2D eigenvalue weighted by Gasteiger charge is 2.25. The number of aliphatic hydroxyl groups excluding tert-OH is 1. The average molecular weight is 452 g/mol. The third kappa shape index (κ3) is 7.68. The summed E-state index contributed by atoms with van der Waals surface area (Å²) in [6.07, 6.45) is 13.3. The lowest BCUT2D eigenvalue weighted by atomic mass is 10.1.